The summed E-state index contributed by atoms with van der Waals surface area (Å²) in [6, 6.07) is 14.2. The predicted octanol–water partition coefficient (Wildman–Crippen LogP) is 2.28. The summed E-state index contributed by atoms with van der Waals surface area (Å²) >= 11 is 0. The maximum absolute atomic E-state index is 10.4. The molecule has 0 aliphatic rings. The molecule has 0 saturated heterocycles. The van der Waals surface area contributed by atoms with Crippen LogP contribution < -0.4 is 20.1 Å². The van der Waals surface area contributed by atoms with E-state index < -0.39 is 0 Å². The molecule has 114 valence electrons. The highest BCUT2D eigenvalue weighted by molar-refractivity contribution is 5.72. The van der Waals surface area contributed by atoms with Gasteiger partial charge in [-0.3, -0.25) is 9.59 Å². The molecule has 2 N–H and O–H groups in total. The molecule has 0 aromatic heterocycles. The Kier molecular flexibility index (Phi) is 5.80. The van der Waals surface area contributed by atoms with Gasteiger partial charge in [0.15, 0.2) is 0 Å². The summed E-state index contributed by atoms with van der Waals surface area (Å²) in [6.07, 6.45) is 1.23. The summed E-state index contributed by atoms with van der Waals surface area (Å²) in [5.74, 6) is 1.29. The molecule has 0 fully saturated rings. The molecule has 0 aliphatic carbocycles. The van der Waals surface area contributed by atoms with Crippen molar-refractivity contribution >= 4 is 24.2 Å². The molecular weight excluding hydrogens is 284 g/mol. The molecule has 6 heteroatoms. The van der Waals surface area contributed by atoms with Gasteiger partial charge in [-0.2, -0.15) is 0 Å². The topological polar surface area (TPSA) is 76.7 Å². The number of rotatable bonds is 9. The van der Waals surface area contributed by atoms with Gasteiger partial charge in [-0.15, -0.1) is 0 Å². The van der Waals surface area contributed by atoms with Crippen molar-refractivity contribution in [3.8, 4) is 11.5 Å². The van der Waals surface area contributed by atoms with E-state index in [1.54, 1.807) is 48.5 Å². The fourth-order valence-corrected chi connectivity index (χ4v) is 1.81. The molecule has 2 rings (SSSR count). The van der Waals surface area contributed by atoms with Crippen LogP contribution in [-0.4, -0.2) is 26.0 Å². The maximum atomic E-state index is 10.4. The Hall–Kier alpha value is -3.02. The standard InChI is InChI=1S/C16H16N2O4/c19-11-17-13-3-1-5-15(9-13)21-7-8-22-16-6-2-4-14(10-16)18-12-20/h1-6,9-12H,7-8H2,(H,17,19)(H,18,20). The Bertz CT molecular complexity index is 576. The number of ether oxygens (including phenoxy) is 2. The summed E-state index contributed by atoms with van der Waals surface area (Å²) < 4.78 is 11.1. The fraction of sp³-hybridized carbons (Fsp3) is 0.125. The molecule has 0 saturated carbocycles. The van der Waals surface area contributed by atoms with E-state index in [-0.39, 0.29) is 0 Å². The lowest BCUT2D eigenvalue weighted by Gasteiger charge is -2.10. The Morgan fingerprint density at radius 2 is 1.23 bits per heavy atom. The molecule has 0 radical (unpaired) electrons. The molecule has 0 unspecified atom stereocenters. The van der Waals surface area contributed by atoms with Gasteiger partial charge in [0, 0.05) is 23.5 Å². The first-order valence-corrected chi connectivity index (χ1v) is 6.68. The molecule has 2 amide bonds. The van der Waals surface area contributed by atoms with Crippen molar-refractivity contribution in [1.29, 1.82) is 0 Å². The minimum Gasteiger partial charge on any atom is -0.490 e. The van der Waals surface area contributed by atoms with Crippen molar-refractivity contribution < 1.29 is 19.1 Å². The van der Waals surface area contributed by atoms with Crippen molar-refractivity contribution in [2.24, 2.45) is 0 Å². The summed E-state index contributed by atoms with van der Waals surface area (Å²) in [4.78, 5) is 20.8. The molecule has 2 aromatic carbocycles. The molecule has 0 atom stereocenters. The Morgan fingerprint density at radius 3 is 1.64 bits per heavy atom. The zero-order valence-corrected chi connectivity index (χ0v) is 11.8. The van der Waals surface area contributed by atoms with Crippen LogP contribution in [0.15, 0.2) is 48.5 Å². The molecule has 0 bridgehead atoms. The highest BCUT2D eigenvalue weighted by Gasteiger charge is 1.99. The van der Waals surface area contributed by atoms with Crippen LogP contribution in [0.2, 0.25) is 0 Å². The zero-order chi connectivity index (χ0) is 15.6. The van der Waals surface area contributed by atoms with Gasteiger partial charge < -0.3 is 20.1 Å². The quantitative estimate of drug-likeness (QED) is 0.550. The van der Waals surface area contributed by atoms with E-state index in [1.807, 2.05) is 0 Å². The highest BCUT2D eigenvalue weighted by atomic mass is 16.5. The van der Waals surface area contributed by atoms with Crippen LogP contribution in [0.4, 0.5) is 11.4 Å². The lowest BCUT2D eigenvalue weighted by molar-refractivity contribution is -0.106. The van der Waals surface area contributed by atoms with Gasteiger partial charge in [-0.05, 0) is 24.3 Å². The lowest BCUT2D eigenvalue weighted by Crippen LogP contribution is -2.09. The van der Waals surface area contributed by atoms with Gasteiger partial charge in [-0.25, -0.2) is 0 Å². The largest absolute Gasteiger partial charge is 0.490 e. The zero-order valence-electron chi connectivity index (χ0n) is 11.8. The van der Waals surface area contributed by atoms with E-state index in [2.05, 4.69) is 10.6 Å². The first-order valence-electron chi connectivity index (χ1n) is 6.68. The first-order chi connectivity index (χ1) is 10.8. The molecule has 2 aromatic rings. The molecule has 0 aliphatic heterocycles. The van der Waals surface area contributed by atoms with Gasteiger partial charge in [0.05, 0.1) is 0 Å². The number of hydrogen-bond donors (Lipinski definition) is 2. The maximum Gasteiger partial charge on any atom is 0.211 e. The van der Waals surface area contributed by atoms with E-state index in [0.29, 0.717) is 48.9 Å². The minimum absolute atomic E-state index is 0.357. The predicted molar refractivity (Wildman–Crippen MR) is 83.2 cm³/mol. The van der Waals surface area contributed by atoms with Crippen molar-refractivity contribution in [2.45, 2.75) is 0 Å². The lowest BCUT2D eigenvalue weighted by atomic mass is 10.3. The molecular formula is C16H16N2O4. The Morgan fingerprint density at radius 1 is 0.773 bits per heavy atom. The molecule has 6 nitrogen and oxygen atoms in total. The second-order valence-electron chi connectivity index (χ2n) is 4.28. The third-order valence-corrected chi connectivity index (χ3v) is 2.74. The second-order valence-corrected chi connectivity index (χ2v) is 4.28. The van der Waals surface area contributed by atoms with Gasteiger partial charge in [0.1, 0.15) is 24.7 Å². The summed E-state index contributed by atoms with van der Waals surface area (Å²) in [7, 11) is 0. The second kappa shape index (κ2) is 8.31. The van der Waals surface area contributed by atoms with Gasteiger partial charge in [-0.1, -0.05) is 12.1 Å². The minimum atomic E-state index is 0.357. The van der Waals surface area contributed by atoms with Crippen molar-refractivity contribution in [3.63, 3.8) is 0 Å². The van der Waals surface area contributed by atoms with Crippen LogP contribution in [0.1, 0.15) is 0 Å². The van der Waals surface area contributed by atoms with Crippen LogP contribution in [0.5, 0.6) is 11.5 Å². The molecule has 0 spiro atoms. The number of benzene rings is 2. The van der Waals surface area contributed by atoms with Crippen molar-refractivity contribution in [3.05, 3.63) is 48.5 Å². The van der Waals surface area contributed by atoms with Crippen molar-refractivity contribution in [2.75, 3.05) is 23.8 Å². The Labute approximate surface area is 128 Å². The molecule has 0 heterocycles. The summed E-state index contributed by atoms with van der Waals surface area (Å²) in [6.45, 7) is 0.714. The number of amides is 2. The van der Waals surface area contributed by atoms with Crippen LogP contribution in [-0.2, 0) is 9.59 Å². The Balaban J connectivity index is 1.79. The average molecular weight is 300 g/mol. The number of anilines is 2. The monoisotopic (exact) mass is 300 g/mol. The van der Waals surface area contributed by atoms with Gasteiger partial charge >= 0.3 is 0 Å². The normalized spacial score (nSPS) is 9.64. The van der Waals surface area contributed by atoms with E-state index in [4.69, 9.17) is 9.47 Å². The fourth-order valence-electron chi connectivity index (χ4n) is 1.81. The third-order valence-electron chi connectivity index (χ3n) is 2.74. The number of hydrogen-bond acceptors (Lipinski definition) is 4. The van der Waals surface area contributed by atoms with Crippen LogP contribution in [0.25, 0.3) is 0 Å². The van der Waals surface area contributed by atoms with Crippen LogP contribution in [0, 0.1) is 0 Å². The SMILES string of the molecule is O=CNc1cccc(OCCOc2cccc(NC=O)c2)c1. The van der Waals surface area contributed by atoms with Gasteiger partial charge in [0.25, 0.3) is 0 Å². The van der Waals surface area contributed by atoms with E-state index >= 15 is 0 Å². The van der Waals surface area contributed by atoms with Crippen LogP contribution >= 0.6 is 0 Å². The first kappa shape index (κ1) is 15.4. The van der Waals surface area contributed by atoms with E-state index in [9.17, 15) is 9.59 Å². The van der Waals surface area contributed by atoms with E-state index in [0.717, 1.165) is 0 Å². The number of nitrogens with one attached hydrogen (secondary N) is 2. The average Bonchev–Trinajstić information content (AvgIpc) is 2.53. The smallest absolute Gasteiger partial charge is 0.211 e. The summed E-state index contributed by atoms with van der Waals surface area (Å²) in [5.41, 5.74) is 1.34. The number of carbonyl (C=O) groups excluding carboxylic acids is 2. The third kappa shape index (κ3) is 4.82. The summed E-state index contributed by atoms with van der Waals surface area (Å²) in [5, 5.41) is 5.11. The highest BCUT2D eigenvalue weighted by Crippen LogP contribution is 2.18. The molecule has 22 heavy (non-hydrogen) atoms. The van der Waals surface area contributed by atoms with Crippen LogP contribution in [0.3, 0.4) is 0 Å². The van der Waals surface area contributed by atoms with Crippen molar-refractivity contribution in [1.82, 2.24) is 0 Å². The number of carbonyl (C=O) groups is 2. The van der Waals surface area contributed by atoms with Gasteiger partial charge in [0.2, 0.25) is 12.8 Å². The van der Waals surface area contributed by atoms with E-state index in [1.165, 1.54) is 0 Å².